The zero-order chi connectivity index (χ0) is 14.4. The van der Waals surface area contributed by atoms with Crippen molar-refractivity contribution >= 4 is 5.91 Å². The SMILES string of the molecule is CC1COCCN1CCOc1ccc(C(=O)NN)cc1. The summed E-state index contributed by atoms with van der Waals surface area (Å²) in [6, 6.07) is 7.35. The Morgan fingerprint density at radius 1 is 1.50 bits per heavy atom. The van der Waals surface area contributed by atoms with Crippen LogP contribution in [0.15, 0.2) is 24.3 Å². The van der Waals surface area contributed by atoms with E-state index in [0.29, 0.717) is 18.2 Å². The summed E-state index contributed by atoms with van der Waals surface area (Å²) in [5.41, 5.74) is 2.61. The summed E-state index contributed by atoms with van der Waals surface area (Å²) >= 11 is 0. The number of rotatable bonds is 5. The summed E-state index contributed by atoms with van der Waals surface area (Å²) in [5.74, 6) is 5.51. The zero-order valence-electron chi connectivity index (χ0n) is 11.7. The molecule has 0 spiro atoms. The second-order valence-corrected chi connectivity index (χ2v) is 4.81. The molecule has 6 nitrogen and oxygen atoms in total. The molecule has 1 atom stereocenters. The van der Waals surface area contributed by atoms with Gasteiger partial charge in [-0.25, -0.2) is 5.84 Å². The van der Waals surface area contributed by atoms with Crippen LogP contribution in [0.2, 0.25) is 0 Å². The van der Waals surface area contributed by atoms with Gasteiger partial charge >= 0.3 is 0 Å². The second-order valence-electron chi connectivity index (χ2n) is 4.81. The molecule has 20 heavy (non-hydrogen) atoms. The highest BCUT2D eigenvalue weighted by Crippen LogP contribution is 2.12. The Bertz CT molecular complexity index is 436. The minimum Gasteiger partial charge on any atom is -0.492 e. The van der Waals surface area contributed by atoms with E-state index in [1.165, 1.54) is 0 Å². The summed E-state index contributed by atoms with van der Waals surface area (Å²) < 4.78 is 11.1. The topological polar surface area (TPSA) is 76.8 Å². The first kappa shape index (κ1) is 14.8. The predicted molar refractivity (Wildman–Crippen MR) is 75.4 cm³/mol. The number of amides is 1. The van der Waals surface area contributed by atoms with E-state index in [2.05, 4.69) is 17.2 Å². The number of hydrazine groups is 1. The normalized spacial score (nSPS) is 19.6. The van der Waals surface area contributed by atoms with Gasteiger partial charge < -0.3 is 9.47 Å². The van der Waals surface area contributed by atoms with Gasteiger partial charge in [0.1, 0.15) is 12.4 Å². The summed E-state index contributed by atoms with van der Waals surface area (Å²) in [4.78, 5) is 13.6. The maximum atomic E-state index is 11.3. The Morgan fingerprint density at radius 3 is 2.90 bits per heavy atom. The van der Waals surface area contributed by atoms with Crippen LogP contribution in [0.4, 0.5) is 0 Å². The van der Waals surface area contributed by atoms with Crippen molar-refractivity contribution in [2.24, 2.45) is 5.84 Å². The summed E-state index contributed by atoms with van der Waals surface area (Å²) in [5, 5.41) is 0. The lowest BCUT2D eigenvalue weighted by atomic mass is 10.2. The molecular formula is C14H21N3O3. The van der Waals surface area contributed by atoms with Gasteiger partial charge in [-0.3, -0.25) is 15.1 Å². The first-order chi connectivity index (χ1) is 9.70. The third kappa shape index (κ3) is 3.93. The van der Waals surface area contributed by atoms with Crippen LogP contribution < -0.4 is 16.0 Å². The summed E-state index contributed by atoms with van der Waals surface area (Å²) in [6.07, 6.45) is 0. The molecule has 0 radical (unpaired) electrons. The number of carbonyl (C=O) groups is 1. The molecule has 0 aromatic heterocycles. The molecule has 0 saturated carbocycles. The smallest absolute Gasteiger partial charge is 0.265 e. The lowest BCUT2D eigenvalue weighted by Gasteiger charge is -2.32. The number of morpholine rings is 1. The van der Waals surface area contributed by atoms with Gasteiger partial charge in [-0.15, -0.1) is 0 Å². The van der Waals surface area contributed by atoms with Gasteiger partial charge in [0.15, 0.2) is 0 Å². The molecule has 1 aromatic carbocycles. The molecule has 6 heteroatoms. The van der Waals surface area contributed by atoms with Crippen LogP contribution in [0, 0.1) is 0 Å². The van der Waals surface area contributed by atoms with E-state index in [0.717, 1.165) is 32.1 Å². The number of hydrogen-bond donors (Lipinski definition) is 2. The zero-order valence-corrected chi connectivity index (χ0v) is 11.7. The minimum atomic E-state index is -0.307. The molecule has 0 aliphatic carbocycles. The average Bonchev–Trinajstić information content (AvgIpc) is 2.49. The highest BCUT2D eigenvalue weighted by atomic mass is 16.5. The highest BCUT2D eigenvalue weighted by molar-refractivity contribution is 5.93. The van der Waals surface area contributed by atoms with Crippen molar-refractivity contribution in [1.82, 2.24) is 10.3 Å². The summed E-state index contributed by atoms with van der Waals surface area (Å²) in [7, 11) is 0. The first-order valence-electron chi connectivity index (χ1n) is 6.76. The molecule has 1 heterocycles. The molecule has 1 unspecified atom stereocenters. The predicted octanol–water partition coefficient (Wildman–Crippen LogP) is 0.390. The van der Waals surface area contributed by atoms with Crippen molar-refractivity contribution in [3.8, 4) is 5.75 Å². The highest BCUT2D eigenvalue weighted by Gasteiger charge is 2.18. The molecule has 1 aliphatic heterocycles. The molecule has 1 amide bonds. The van der Waals surface area contributed by atoms with E-state index in [1.807, 2.05) is 0 Å². The van der Waals surface area contributed by atoms with Crippen molar-refractivity contribution in [3.05, 3.63) is 29.8 Å². The minimum absolute atomic E-state index is 0.307. The maximum Gasteiger partial charge on any atom is 0.265 e. The number of nitrogen functional groups attached to an aromatic ring is 1. The average molecular weight is 279 g/mol. The largest absolute Gasteiger partial charge is 0.492 e. The fraction of sp³-hybridized carbons (Fsp3) is 0.500. The van der Waals surface area contributed by atoms with E-state index >= 15 is 0 Å². The number of ether oxygens (including phenoxy) is 2. The molecule has 1 saturated heterocycles. The Hall–Kier alpha value is -1.63. The van der Waals surface area contributed by atoms with Crippen LogP contribution in [-0.4, -0.2) is 49.8 Å². The van der Waals surface area contributed by atoms with Gasteiger partial charge in [0.25, 0.3) is 5.91 Å². The quantitative estimate of drug-likeness (QED) is 0.463. The van der Waals surface area contributed by atoms with Gasteiger partial charge in [-0.1, -0.05) is 0 Å². The fourth-order valence-corrected chi connectivity index (χ4v) is 2.16. The number of benzene rings is 1. The van der Waals surface area contributed by atoms with Crippen molar-refractivity contribution < 1.29 is 14.3 Å². The van der Waals surface area contributed by atoms with Crippen LogP contribution in [-0.2, 0) is 4.74 Å². The molecule has 1 fully saturated rings. The van der Waals surface area contributed by atoms with Crippen molar-refractivity contribution in [2.75, 3.05) is 32.9 Å². The molecule has 1 aromatic rings. The molecule has 1 aliphatic rings. The monoisotopic (exact) mass is 279 g/mol. The first-order valence-corrected chi connectivity index (χ1v) is 6.76. The van der Waals surface area contributed by atoms with Crippen molar-refractivity contribution in [3.63, 3.8) is 0 Å². The van der Waals surface area contributed by atoms with Gasteiger partial charge in [0.05, 0.1) is 13.2 Å². The van der Waals surface area contributed by atoms with E-state index in [9.17, 15) is 4.79 Å². The molecular weight excluding hydrogens is 258 g/mol. The van der Waals surface area contributed by atoms with Gasteiger partial charge in [0.2, 0.25) is 0 Å². The van der Waals surface area contributed by atoms with Crippen molar-refractivity contribution in [2.45, 2.75) is 13.0 Å². The Balaban J connectivity index is 1.77. The molecule has 3 N–H and O–H groups in total. The fourth-order valence-electron chi connectivity index (χ4n) is 2.16. The van der Waals surface area contributed by atoms with Crippen LogP contribution in [0.5, 0.6) is 5.75 Å². The standard InChI is InChI=1S/C14H21N3O3/c1-11-10-19-8-6-17(11)7-9-20-13-4-2-12(3-5-13)14(18)16-15/h2-5,11H,6-10,15H2,1H3,(H,16,18). The van der Waals surface area contributed by atoms with E-state index in [4.69, 9.17) is 15.3 Å². The third-order valence-electron chi connectivity index (χ3n) is 3.40. The molecule has 110 valence electrons. The van der Waals surface area contributed by atoms with Crippen LogP contribution >= 0.6 is 0 Å². The van der Waals surface area contributed by atoms with Gasteiger partial charge in [0, 0.05) is 24.7 Å². The van der Waals surface area contributed by atoms with E-state index in [1.54, 1.807) is 24.3 Å². The number of carbonyl (C=O) groups excluding carboxylic acids is 1. The van der Waals surface area contributed by atoms with E-state index in [-0.39, 0.29) is 5.91 Å². The van der Waals surface area contributed by atoms with Crippen molar-refractivity contribution in [1.29, 1.82) is 0 Å². The van der Waals surface area contributed by atoms with Crippen LogP contribution in [0.1, 0.15) is 17.3 Å². The van der Waals surface area contributed by atoms with Crippen LogP contribution in [0.25, 0.3) is 0 Å². The maximum absolute atomic E-state index is 11.3. The molecule has 2 rings (SSSR count). The Morgan fingerprint density at radius 2 is 2.25 bits per heavy atom. The third-order valence-corrected chi connectivity index (χ3v) is 3.40. The second kappa shape index (κ2) is 7.23. The van der Waals surface area contributed by atoms with E-state index < -0.39 is 0 Å². The Kier molecular flexibility index (Phi) is 5.34. The lowest BCUT2D eigenvalue weighted by molar-refractivity contribution is -0.00514. The van der Waals surface area contributed by atoms with Gasteiger partial charge in [-0.2, -0.15) is 0 Å². The summed E-state index contributed by atoms with van der Waals surface area (Å²) in [6.45, 7) is 6.15. The number of nitrogens with two attached hydrogens (primary N) is 1. The number of hydrogen-bond acceptors (Lipinski definition) is 5. The number of nitrogens with one attached hydrogen (secondary N) is 1. The van der Waals surface area contributed by atoms with Crippen LogP contribution in [0.3, 0.4) is 0 Å². The molecule has 0 bridgehead atoms. The number of nitrogens with zero attached hydrogens (tertiary/aromatic N) is 1. The Labute approximate surface area is 118 Å². The lowest BCUT2D eigenvalue weighted by Crippen LogP contribution is -2.45. The van der Waals surface area contributed by atoms with Gasteiger partial charge in [-0.05, 0) is 31.2 Å².